The average Bonchev–Trinajstić information content (AvgIpc) is 2.26. The Kier molecular flexibility index (Phi) is 3.58. The summed E-state index contributed by atoms with van der Waals surface area (Å²) in [4.78, 5) is 18.0. The molecule has 0 saturated carbocycles. The Balaban J connectivity index is 2.18. The quantitative estimate of drug-likeness (QED) is 0.802. The predicted molar refractivity (Wildman–Crippen MR) is 63.9 cm³/mol. The Morgan fingerprint density at radius 2 is 2.41 bits per heavy atom. The van der Waals surface area contributed by atoms with Gasteiger partial charge in [-0.25, -0.2) is 4.98 Å². The van der Waals surface area contributed by atoms with Gasteiger partial charge in [-0.2, -0.15) is 0 Å². The van der Waals surface area contributed by atoms with E-state index in [4.69, 9.17) is 0 Å². The second-order valence-corrected chi connectivity index (χ2v) is 4.18. The smallest absolute Gasteiger partial charge is 0.276 e. The minimum absolute atomic E-state index is 0.0501. The van der Waals surface area contributed by atoms with Crippen molar-refractivity contribution in [2.24, 2.45) is 0 Å². The van der Waals surface area contributed by atoms with Gasteiger partial charge in [0.2, 0.25) is 0 Å². The maximum atomic E-state index is 12.3. The van der Waals surface area contributed by atoms with E-state index in [9.17, 15) is 9.90 Å². The number of hydrogen-bond donors (Lipinski definition) is 2. The summed E-state index contributed by atoms with van der Waals surface area (Å²) in [5.41, 5.74) is 0.146. The maximum absolute atomic E-state index is 12.3. The molecule has 1 aliphatic rings. The van der Waals surface area contributed by atoms with Crippen LogP contribution in [0.25, 0.3) is 0 Å². The molecule has 5 nitrogen and oxygen atoms in total. The van der Waals surface area contributed by atoms with E-state index in [0.717, 1.165) is 19.5 Å². The highest BCUT2D eigenvalue weighted by atomic mass is 16.3. The second kappa shape index (κ2) is 5.14. The number of hydrogen-bond acceptors (Lipinski definition) is 4. The van der Waals surface area contributed by atoms with Crippen LogP contribution in [0.4, 0.5) is 0 Å². The first kappa shape index (κ1) is 11.9. The molecule has 0 aliphatic carbocycles. The zero-order valence-corrected chi connectivity index (χ0v) is 9.89. The second-order valence-electron chi connectivity index (χ2n) is 4.18. The van der Waals surface area contributed by atoms with Gasteiger partial charge in [-0.1, -0.05) is 6.92 Å². The molecule has 2 rings (SSSR count). The average molecular weight is 235 g/mol. The monoisotopic (exact) mass is 235 g/mol. The standard InChI is InChI=1S/C12H17N3O2/c1-2-6-15(9-7-13-8-9)12(17)11-10(16)4-3-5-14-11/h3-5,9,13,16H,2,6-8H2,1H3. The summed E-state index contributed by atoms with van der Waals surface area (Å²) < 4.78 is 0. The van der Waals surface area contributed by atoms with Crippen LogP contribution < -0.4 is 5.32 Å². The normalized spacial score (nSPS) is 15.4. The number of pyridine rings is 1. The molecule has 1 aromatic heterocycles. The molecular formula is C12H17N3O2. The summed E-state index contributed by atoms with van der Waals surface area (Å²) in [6.07, 6.45) is 2.42. The van der Waals surface area contributed by atoms with Crippen molar-refractivity contribution in [3.63, 3.8) is 0 Å². The molecule has 1 aliphatic heterocycles. The molecule has 1 fully saturated rings. The third kappa shape index (κ3) is 2.39. The summed E-state index contributed by atoms with van der Waals surface area (Å²) in [5, 5.41) is 12.8. The fourth-order valence-corrected chi connectivity index (χ4v) is 1.88. The molecule has 92 valence electrons. The maximum Gasteiger partial charge on any atom is 0.276 e. The molecule has 1 saturated heterocycles. The number of carbonyl (C=O) groups is 1. The summed E-state index contributed by atoms with van der Waals surface area (Å²) in [6.45, 7) is 4.37. The van der Waals surface area contributed by atoms with E-state index in [1.54, 1.807) is 11.0 Å². The van der Waals surface area contributed by atoms with E-state index in [1.165, 1.54) is 12.3 Å². The molecule has 1 amide bonds. The minimum atomic E-state index is -0.184. The Bertz CT molecular complexity index is 404. The van der Waals surface area contributed by atoms with Crippen molar-refractivity contribution < 1.29 is 9.90 Å². The van der Waals surface area contributed by atoms with Gasteiger partial charge in [-0.05, 0) is 18.6 Å². The van der Waals surface area contributed by atoms with Gasteiger partial charge in [-0.3, -0.25) is 4.79 Å². The SMILES string of the molecule is CCCN(C(=O)c1ncccc1O)C1CNC1. The molecule has 5 heteroatoms. The third-order valence-electron chi connectivity index (χ3n) is 2.92. The van der Waals surface area contributed by atoms with Gasteiger partial charge >= 0.3 is 0 Å². The summed E-state index contributed by atoms with van der Waals surface area (Å²) in [5.74, 6) is -0.234. The van der Waals surface area contributed by atoms with Crippen LogP contribution in [0.15, 0.2) is 18.3 Å². The van der Waals surface area contributed by atoms with Crippen molar-refractivity contribution >= 4 is 5.91 Å². The lowest BCUT2D eigenvalue weighted by Gasteiger charge is -2.38. The van der Waals surface area contributed by atoms with Crippen molar-refractivity contribution in [2.45, 2.75) is 19.4 Å². The first-order chi connectivity index (χ1) is 8.24. The number of carbonyl (C=O) groups excluding carboxylic acids is 1. The molecular weight excluding hydrogens is 218 g/mol. The molecule has 0 spiro atoms. The third-order valence-corrected chi connectivity index (χ3v) is 2.92. The van der Waals surface area contributed by atoms with Crippen molar-refractivity contribution in [1.82, 2.24) is 15.2 Å². The van der Waals surface area contributed by atoms with Gasteiger partial charge in [0.15, 0.2) is 5.69 Å². The molecule has 0 aromatic carbocycles. The largest absolute Gasteiger partial charge is 0.505 e. The van der Waals surface area contributed by atoms with E-state index < -0.39 is 0 Å². The van der Waals surface area contributed by atoms with Crippen LogP contribution in [-0.2, 0) is 0 Å². The van der Waals surface area contributed by atoms with Crippen molar-refractivity contribution in [3.05, 3.63) is 24.0 Å². The number of amides is 1. The number of aromatic hydroxyl groups is 1. The summed E-state index contributed by atoms with van der Waals surface area (Å²) in [6, 6.07) is 3.33. The van der Waals surface area contributed by atoms with Crippen LogP contribution in [-0.4, -0.2) is 46.6 Å². The van der Waals surface area contributed by atoms with E-state index in [-0.39, 0.29) is 23.4 Å². The first-order valence-corrected chi connectivity index (χ1v) is 5.89. The zero-order valence-electron chi connectivity index (χ0n) is 9.89. The van der Waals surface area contributed by atoms with Crippen LogP contribution in [0.2, 0.25) is 0 Å². The Morgan fingerprint density at radius 1 is 1.65 bits per heavy atom. The van der Waals surface area contributed by atoms with Crippen LogP contribution in [0.1, 0.15) is 23.8 Å². The highest BCUT2D eigenvalue weighted by Gasteiger charge is 2.30. The Labute approximate surface area is 100 Å². The minimum Gasteiger partial charge on any atom is -0.505 e. The van der Waals surface area contributed by atoms with Crippen molar-refractivity contribution in [1.29, 1.82) is 0 Å². The highest BCUT2D eigenvalue weighted by Crippen LogP contribution is 2.18. The fraction of sp³-hybridized carbons (Fsp3) is 0.500. The fourth-order valence-electron chi connectivity index (χ4n) is 1.88. The number of nitrogens with zero attached hydrogens (tertiary/aromatic N) is 2. The van der Waals surface area contributed by atoms with E-state index in [1.807, 2.05) is 6.92 Å². The lowest BCUT2D eigenvalue weighted by molar-refractivity contribution is 0.0606. The molecule has 1 aromatic rings. The van der Waals surface area contributed by atoms with Crippen LogP contribution in [0, 0.1) is 0 Å². The van der Waals surface area contributed by atoms with Gasteiger partial charge in [0.05, 0.1) is 6.04 Å². The predicted octanol–water partition coefficient (Wildman–Crippen LogP) is 0.611. The first-order valence-electron chi connectivity index (χ1n) is 5.89. The van der Waals surface area contributed by atoms with Crippen LogP contribution in [0.3, 0.4) is 0 Å². The summed E-state index contributed by atoms with van der Waals surface area (Å²) in [7, 11) is 0. The van der Waals surface area contributed by atoms with Gasteiger partial charge < -0.3 is 15.3 Å². The van der Waals surface area contributed by atoms with Crippen LogP contribution >= 0.6 is 0 Å². The van der Waals surface area contributed by atoms with Gasteiger partial charge in [0.1, 0.15) is 5.75 Å². The zero-order chi connectivity index (χ0) is 12.3. The molecule has 0 bridgehead atoms. The number of aromatic nitrogens is 1. The molecule has 2 N–H and O–H groups in total. The number of rotatable bonds is 4. The van der Waals surface area contributed by atoms with Gasteiger partial charge in [0, 0.05) is 25.8 Å². The van der Waals surface area contributed by atoms with Gasteiger partial charge in [-0.15, -0.1) is 0 Å². The Hall–Kier alpha value is -1.62. The molecule has 0 unspecified atom stereocenters. The molecule has 0 atom stereocenters. The summed E-state index contributed by atoms with van der Waals surface area (Å²) >= 11 is 0. The van der Waals surface area contributed by atoms with E-state index in [2.05, 4.69) is 10.3 Å². The molecule has 2 heterocycles. The van der Waals surface area contributed by atoms with Crippen molar-refractivity contribution in [3.8, 4) is 5.75 Å². The molecule has 17 heavy (non-hydrogen) atoms. The van der Waals surface area contributed by atoms with E-state index >= 15 is 0 Å². The number of nitrogens with one attached hydrogen (secondary N) is 1. The van der Waals surface area contributed by atoms with E-state index in [0.29, 0.717) is 6.54 Å². The lowest BCUT2D eigenvalue weighted by Crippen LogP contribution is -2.59. The van der Waals surface area contributed by atoms with Crippen LogP contribution in [0.5, 0.6) is 5.75 Å². The lowest BCUT2D eigenvalue weighted by atomic mass is 10.1. The Morgan fingerprint density at radius 3 is 2.94 bits per heavy atom. The van der Waals surface area contributed by atoms with Crippen molar-refractivity contribution in [2.75, 3.05) is 19.6 Å². The topological polar surface area (TPSA) is 65.5 Å². The molecule has 0 radical (unpaired) electrons. The highest BCUT2D eigenvalue weighted by molar-refractivity contribution is 5.95. The van der Waals surface area contributed by atoms with Gasteiger partial charge in [0.25, 0.3) is 5.91 Å².